The predicted octanol–water partition coefficient (Wildman–Crippen LogP) is 4.05. The van der Waals surface area contributed by atoms with E-state index in [1.54, 1.807) is 45.2 Å². The van der Waals surface area contributed by atoms with Crippen molar-refractivity contribution in [3.63, 3.8) is 0 Å². The molecular weight excluding hydrogens is 346 g/mol. The number of carbonyl (C=O) groups is 1. The third-order valence-corrected chi connectivity index (χ3v) is 4.12. The van der Waals surface area contributed by atoms with Gasteiger partial charge in [0.15, 0.2) is 11.5 Å². The zero-order valence-electron chi connectivity index (χ0n) is 15.9. The second-order valence-corrected chi connectivity index (χ2v) is 5.69. The minimum absolute atomic E-state index is 0.222. The van der Waals surface area contributed by atoms with Gasteiger partial charge >= 0.3 is 5.97 Å². The van der Waals surface area contributed by atoms with E-state index in [9.17, 15) is 4.79 Å². The van der Waals surface area contributed by atoms with Crippen LogP contribution in [0.3, 0.4) is 0 Å². The van der Waals surface area contributed by atoms with Gasteiger partial charge in [-0.2, -0.15) is 0 Å². The Kier molecular flexibility index (Phi) is 7.00. The molecule has 6 nitrogen and oxygen atoms in total. The Hall–Kier alpha value is -3.28. The summed E-state index contributed by atoms with van der Waals surface area (Å²) in [6.45, 7) is 3.70. The van der Waals surface area contributed by atoms with Crippen molar-refractivity contribution in [2.45, 2.75) is 20.5 Å². The molecule has 0 atom stereocenters. The Morgan fingerprint density at radius 1 is 1.15 bits per heavy atom. The van der Waals surface area contributed by atoms with E-state index in [4.69, 9.17) is 19.4 Å². The standard InChI is InChI=1S/C21H23NO5/c1-5-17(21(23)26-4)18-9-7-6-8-16(18)13-27-20-12-15(14(2)22-24)10-11-19(20)25-3/h5-12,24H,13H2,1-4H3/b17-5?,22-14-. The van der Waals surface area contributed by atoms with Gasteiger partial charge in [-0.15, -0.1) is 0 Å². The predicted molar refractivity (Wildman–Crippen MR) is 103 cm³/mol. The van der Waals surface area contributed by atoms with E-state index in [1.807, 2.05) is 24.3 Å². The van der Waals surface area contributed by atoms with Gasteiger partial charge in [0, 0.05) is 5.56 Å². The molecule has 0 bridgehead atoms. The van der Waals surface area contributed by atoms with Crippen molar-refractivity contribution in [1.82, 2.24) is 0 Å². The molecule has 0 spiro atoms. The normalized spacial score (nSPS) is 11.9. The molecule has 1 N–H and O–H groups in total. The SMILES string of the molecule is CC=C(C(=O)OC)c1ccccc1COc1cc(/C(C)=N\O)ccc1OC. The van der Waals surface area contributed by atoms with Crippen LogP contribution in [0.2, 0.25) is 0 Å². The number of esters is 1. The number of rotatable bonds is 7. The van der Waals surface area contributed by atoms with Crippen molar-refractivity contribution in [3.05, 3.63) is 65.2 Å². The van der Waals surface area contributed by atoms with E-state index in [2.05, 4.69) is 5.16 Å². The second kappa shape index (κ2) is 9.43. The first kappa shape index (κ1) is 20.0. The Balaban J connectivity index is 2.34. The summed E-state index contributed by atoms with van der Waals surface area (Å²) >= 11 is 0. The first-order valence-corrected chi connectivity index (χ1v) is 8.38. The van der Waals surface area contributed by atoms with Crippen molar-refractivity contribution < 1.29 is 24.2 Å². The lowest BCUT2D eigenvalue weighted by atomic mass is 10.00. The third-order valence-electron chi connectivity index (χ3n) is 4.12. The molecule has 142 valence electrons. The molecule has 0 unspecified atom stereocenters. The largest absolute Gasteiger partial charge is 0.493 e. The highest BCUT2D eigenvalue weighted by Gasteiger charge is 2.16. The molecular formula is C21H23NO5. The fraction of sp³-hybridized carbons (Fsp3) is 0.238. The number of benzene rings is 2. The van der Waals surface area contributed by atoms with Crippen LogP contribution in [0.15, 0.2) is 53.7 Å². The number of methoxy groups -OCH3 is 2. The Bertz CT molecular complexity index is 871. The van der Waals surface area contributed by atoms with Gasteiger partial charge in [0.1, 0.15) is 6.61 Å². The molecule has 0 radical (unpaired) electrons. The molecule has 0 saturated heterocycles. The first-order valence-electron chi connectivity index (χ1n) is 8.38. The second-order valence-electron chi connectivity index (χ2n) is 5.69. The monoisotopic (exact) mass is 369 g/mol. The van der Waals surface area contributed by atoms with E-state index in [1.165, 1.54) is 7.11 Å². The summed E-state index contributed by atoms with van der Waals surface area (Å²) in [7, 11) is 2.91. The van der Waals surface area contributed by atoms with Crippen LogP contribution < -0.4 is 9.47 Å². The molecule has 0 fully saturated rings. The molecule has 0 aromatic heterocycles. The number of nitrogens with zero attached hydrogens (tertiary/aromatic N) is 1. The van der Waals surface area contributed by atoms with Crippen LogP contribution in [0.5, 0.6) is 11.5 Å². The van der Waals surface area contributed by atoms with Gasteiger partial charge < -0.3 is 19.4 Å². The summed E-state index contributed by atoms with van der Waals surface area (Å²) < 4.78 is 16.2. The zero-order valence-corrected chi connectivity index (χ0v) is 15.9. The van der Waals surface area contributed by atoms with Crippen molar-refractivity contribution in [3.8, 4) is 11.5 Å². The average Bonchev–Trinajstić information content (AvgIpc) is 2.72. The van der Waals surface area contributed by atoms with Crippen LogP contribution in [-0.2, 0) is 16.1 Å². The van der Waals surface area contributed by atoms with E-state index in [-0.39, 0.29) is 6.61 Å². The molecule has 2 aromatic rings. The fourth-order valence-electron chi connectivity index (χ4n) is 2.63. The highest BCUT2D eigenvalue weighted by Crippen LogP contribution is 2.30. The van der Waals surface area contributed by atoms with Gasteiger partial charge in [-0.3, -0.25) is 0 Å². The van der Waals surface area contributed by atoms with Gasteiger partial charge in [0.05, 0.1) is 25.5 Å². The van der Waals surface area contributed by atoms with Crippen molar-refractivity contribution in [2.75, 3.05) is 14.2 Å². The molecule has 0 saturated carbocycles. The number of allylic oxidation sites excluding steroid dienone is 1. The quantitative estimate of drug-likeness (QED) is 0.262. The van der Waals surface area contributed by atoms with Crippen LogP contribution in [0.4, 0.5) is 0 Å². The molecule has 0 aliphatic rings. The zero-order chi connectivity index (χ0) is 19.8. The van der Waals surface area contributed by atoms with Crippen LogP contribution in [0, 0.1) is 0 Å². The van der Waals surface area contributed by atoms with Crippen LogP contribution >= 0.6 is 0 Å². The summed E-state index contributed by atoms with van der Waals surface area (Å²) in [6.07, 6.45) is 1.72. The maximum Gasteiger partial charge on any atom is 0.338 e. The molecule has 0 amide bonds. The van der Waals surface area contributed by atoms with Gasteiger partial charge in [-0.1, -0.05) is 35.5 Å². The number of carbonyl (C=O) groups excluding carboxylic acids is 1. The van der Waals surface area contributed by atoms with E-state index >= 15 is 0 Å². The summed E-state index contributed by atoms with van der Waals surface area (Å²) in [4.78, 5) is 12.0. The lowest BCUT2D eigenvalue weighted by molar-refractivity contribution is -0.133. The fourth-order valence-corrected chi connectivity index (χ4v) is 2.63. The molecule has 0 aliphatic heterocycles. The molecule has 0 aliphatic carbocycles. The Morgan fingerprint density at radius 3 is 2.52 bits per heavy atom. The topological polar surface area (TPSA) is 77.4 Å². The minimum Gasteiger partial charge on any atom is -0.493 e. The average molecular weight is 369 g/mol. The van der Waals surface area contributed by atoms with Crippen LogP contribution in [0.1, 0.15) is 30.5 Å². The highest BCUT2D eigenvalue weighted by molar-refractivity contribution is 6.16. The Morgan fingerprint density at radius 2 is 1.89 bits per heavy atom. The number of hydrogen-bond donors (Lipinski definition) is 1. The number of oxime groups is 1. The lowest BCUT2D eigenvalue weighted by Gasteiger charge is -2.15. The van der Waals surface area contributed by atoms with Crippen molar-refractivity contribution >= 4 is 17.3 Å². The van der Waals surface area contributed by atoms with Crippen LogP contribution in [0.25, 0.3) is 5.57 Å². The molecule has 2 rings (SSSR count). The summed E-state index contributed by atoms with van der Waals surface area (Å²) in [6, 6.07) is 12.7. The maximum absolute atomic E-state index is 12.0. The Labute approximate surface area is 158 Å². The number of hydrogen-bond acceptors (Lipinski definition) is 6. The van der Waals surface area contributed by atoms with Gasteiger partial charge in [-0.25, -0.2) is 4.79 Å². The molecule has 6 heteroatoms. The van der Waals surface area contributed by atoms with Crippen LogP contribution in [-0.4, -0.2) is 31.1 Å². The summed E-state index contributed by atoms with van der Waals surface area (Å²) in [5.41, 5.74) is 3.22. The van der Waals surface area contributed by atoms with Gasteiger partial charge in [-0.05, 0) is 43.2 Å². The van der Waals surface area contributed by atoms with Gasteiger partial charge in [0.25, 0.3) is 0 Å². The molecule has 0 heterocycles. The van der Waals surface area contributed by atoms with E-state index in [0.717, 1.165) is 11.1 Å². The third kappa shape index (κ3) is 4.67. The summed E-state index contributed by atoms with van der Waals surface area (Å²) in [5.74, 6) is 0.661. The first-order chi connectivity index (χ1) is 13.0. The minimum atomic E-state index is -0.403. The van der Waals surface area contributed by atoms with Gasteiger partial charge in [0.2, 0.25) is 0 Å². The highest BCUT2D eigenvalue weighted by atomic mass is 16.5. The van der Waals surface area contributed by atoms with E-state index < -0.39 is 5.97 Å². The smallest absolute Gasteiger partial charge is 0.338 e. The molecule has 27 heavy (non-hydrogen) atoms. The lowest BCUT2D eigenvalue weighted by Crippen LogP contribution is -2.08. The summed E-state index contributed by atoms with van der Waals surface area (Å²) in [5, 5.41) is 12.2. The maximum atomic E-state index is 12.0. The van der Waals surface area contributed by atoms with E-state index in [0.29, 0.717) is 28.3 Å². The van der Waals surface area contributed by atoms with Crippen molar-refractivity contribution in [2.24, 2.45) is 5.16 Å². The molecule has 2 aromatic carbocycles. The number of ether oxygens (including phenoxy) is 3. The van der Waals surface area contributed by atoms with Crippen molar-refractivity contribution in [1.29, 1.82) is 0 Å².